The van der Waals surface area contributed by atoms with Crippen molar-refractivity contribution in [1.29, 1.82) is 0 Å². The molecule has 2 aromatic rings. The Hall–Kier alpha value is -1.76. The van der Waals surface area contributed by atoms with Gasteiger partial charge < -0.3 is 15.0 Å². The van der Waals surface area contributed by atoms with E-state index in [2.05, 4.69) is 42.0 Å². The Kier molecular flexibility index (Phi) is 10.1. The molecular formula is C25H31BrCl2N2O3. The molecule has 0 aliphatic rings. The summed E-state index contributed by atoms with van der Waals surface area (Å²) in [6.07, 6.45) is 0.434. The first-order chi connectivity index (χ1) is 15.5. The summed E-state index contributed by atoms with van der Waals surface area (Å²) < 4.78 is 6.61. The molecule has 0 heterocycles. The van der Waals surface area contributed by atoms with E-state index in [4.69, 9.17) is 27.9 Å². The van der Waals surface area contributed by atoms with Crippen LogP contribution in [0.3, 0.4) is 0 Å². The van der Waals surface area contributed by atoms with Crippen LogP contribution in [0.25, 0.3) is 0 Å². The third-order valence-corrected chi connectivity index (χ3v) is 6.60. The molecule has 0 bridgehead atoms. The summed E-state index contributed by atoms with van der Waals surface area (Å²) in [6.45, 7) is 10.4. The van der Waals surface area contributed by atoms with Crippen molar-refractivity contribution < 1.29 is 14.3 Å². The first-order valence-electron chi connectivity index (χ1n) is 10.9. The number of hydrogen-bond acceptors (Lipinski definition) is 3. The molecule has 0 aliphatic carbocycles. The summed E-state index contributed by atoms with van der Waals surface area (Å²) in [5, 5.41) is 3.68. The Morgan fingerprint density at radius 2 is 1.76 bits per heavy atom. The minimum absolute atomic E-state index is 0.0110. The van der Waals surface area contributed by atoms with E-state index in [1.54, 1.807) is 18.2 Å². The van der Waals surface area contributed by atoms with Crippen LogP contribution in [0.5, 0.6) is 5.75 Å². The quantitative estimate of drug-likeness (QED) is 0.389. The molecule has 0 saturated carbocycles. The zero-order valence-corrected chi connectivity index (χ0v) is 22.8. The minimum Gasteiger partial charge on any atom is -0.483 e. The molecule has 180 valence electrons. The van der Waals surface area contributed by atoms with Crippen molar-refractivity contribution in [2.24, 2.45) is 0 Å². The van der Waals surface area contributed by atoms with E-state index in [1.807, 2.05) is 32.0 Å². The molecule has 0 fully saturated rings. The number of carbonyl (C=O) groups excluding carboxylic acids is 2. The van der Waals surface area contributed by atoms with Gasteiger partial charge in [-0.1, -0.05) is 63.0 Å². The van der Waals surface area contributed by atoms with Crippen molar-refractivity contribution >= 4 is 50.9 Å². The second-order valence-corrected chi connectivity index (χ2v) is 10.4. The largest absolute Gasteiger partial charge is 0.483 e. The van der Waals surface area contributed by atoms with Gasteiger partial charge >= 0.3 is 0 Å². The highest BCUT2D eigenvalue weighted by atomic mass is 79.9. The Labute approximate surface area is 214 Å². The number of likely N-dealkylation sites (N-methyl/N-ethyl adjacent to an activating group) is 1. The smallest absolute Gasteiger partial charge is 0.261 e. The van der Waals surface area contributed by atoms with Crippen molar-refractivity contribution in [3.8, 4) is 5.75 Å². The molecule has 1 atom stereocenters. The van der Waals surface area contributed by atoms with Crippen LogP contribution < -0.4 is 10.1 Å². The number of ether oxygens (including phenoxy) is 1. The summed E-state index contributed by atoms with van der Waals surface area (Å²) in [7, 11) is 0. The number of carbonyl (C=O) groups is 2. The molecule has 8 heteroatoms. The lowest BCUT2D eigenvalue weighted by Gasteiger charge is -2.31. The summed E-state index contributed by atoms with van der Waals surface area (Å²) in [4.78, 5) is 27.5. The summed E-state index contributed by atoms with van der Waals surface area (Å²) in [5.41, 5.74) is 1.72. The normalized spacial score (nSPS) is 12.2. The van der Waals surface area contributed by atoms with Crippen LogP contribution in [0.1, 0.15) is 52.2 Å². The summed E-state index contributed by atoms with van der Waals surface area (Å²) in [6, 6.07) is 10.3. The standard InChI is InChI=1S/C25H31BrCl2N2O3/c1-6-21(24(32)29-7-2)30(14-17-19(27)9-8-10-20(17)28)23(31)15-33-22-12-11-16(13-18(22)26)25(3,4)5/h8-13,21H,6-7,14-15H2,1-5H3,(H,29,32)/t21-/m0/s1. The van der Waals surface area contributed by atoms with Gasteiger partial charge in [0.2, 0.25) is 5.91 Å². The highest BCUT2D eigenvalue weighted by Crippen LogP contribution is 2.32. The predicted molar refractivity (Wildman–Crippen MR) is 138 cm³/mol. The van der Waals surface area contributed by atoms with E-state index in [9.17, 15) is 9.59 Å². The van der Waals surface area contributed by atoms with Crippen LogP contribution in [0.15, 0.2) is 40.9 Å². The van der Waals surface area contributed by atoms with Crippen LogP contribution >= 0.6 is 39.1 Å². The van der Waals surface area contributed by atoms with Gasteiger partial charge in [-0.2, -0.15) is 0 Å². The zero-order chi connectivity index (χ0) is 24.8. The van der Waals surface area contributed by atoms with E-state index in [1.165, 1.54) is 4.90 Å². The SMILES string of the molecule is CCNC(=O)[C@H](CC)N(Cc1c(Cl)cccc1Cl)C(=O)COc1ccc(C(C)(C)C)cc1Br. The van der Waals surface area contributed by atoms with E-state index in [-0.39, 0.29) is 30.4 Å². The topological polar surface area (TPSA) is 58.6 Å². The lowest BCUT2D eigenvalue weighted by Crippen LogP contribution is -2.50. The highest BCUT2D eigenvalue weighted by Gasteiger charge is 2.30. The molecule has 0 radical (unpaired) electrons. The summed E-state index contributed by atoms with van der Waals surface area (Å²) in [5.74, 6) is -0.0127. The average Bonchev–Trinajstić information content (AvgIpc) is 2.74. The molecule has 1 N–H and O–H groups in total. The van der Waals surface area contributed by atoms with Gasteiger partial charge in [0.05, 0.1) is 4.47 Å². The van der Waals surface area contributed by atoms with Gasteiger partial charge in [-0.25, -0.2) is 0 Å². The van der Waals surface area contributed by atoms with Crippen LogP contribution in [-0.4, -0.2) is 35.9 Å². The Balaban J connectivity index is 2.29. The number of amides is 2. The van der Waals surface area contributed by atoms with Crippen molar-refractivity contribution in [3.63, 3.8) is 0 Å². The Morgan fingerprint density at radius 1 is 1.12 bits per heavy atom. The van der Waals surface area contributed by atoms with Crippen LogP contribution in [-0.2, 0) is 21.5 Å². The maximum atomic E-state index is 13.3. The molecule has 0 unspecified atom stereocenters. The third-order valence-electron chi connectivity index (χ3n) is 5.28. The molecule has 0 saturated heterocycles. The maximum Gasteiger partial charge on any atom is 0.261 e. The fraction of sp³-hybridized carbons (Fsp3) is 0.440. The zero-order valence-electron chi connectivity index (χ0n) is 19.7. The van der Waals surface area contributed by atoms with E-state index < -0.39 is 6.04 Å². The lowest BCUT2D eigenvalue weighted by atomic mass is 9.87. The molecule has 2 aromatic carbocycles. The maximum absolute atomic E-state index is 13.3. The monoisotopic (exact) mass is 556 g/mol. The molecule has 2 amide bonds. The van der Waals surface area contributed by atoms with Gasteiger partial charge in [-0.3, -0.25) is 9.59 Å². The van der Waals surface area contributed by atoms with Crippen molar-refractivity contribution in [2.45, 2.75) is 59.0 Å². The van der Waals surface area contributed by atoms with E-state index in [0.29, 0.717) is 34.3 Å². The first-order valence-corrected chi connectivity index (χ1v) is 12.5. The molecule has 5 nitrogen and oxygen atoms in total. The number of halogens is 3. The molecule has 2 rings (SSSR count). The second kappa shape index (κ2) is 12.1. The number of nitrogens with zero attached hydrogens (tertiary/aromatic N) is 1. The molecule has 33 heavy (non-hydrogen) atoms. The predicted octanol–water partition coefficient (Wildman–Crippen LogP) is 6.38. The number of rotatable bonds is 9. The van der Waals surface area contributed by atoms with Gasteiger partial charge in [0.25, 0.3) is 5.91 Å². The molecule has 0 aliphatic heterocycles. The van der Waals surface area contributed by atoms with Gasteiger partial charge in [0.1, 0.15) is 11.8 Å². The van der Waals surface area contributed by atoms with Gasteiger partial charge in [0, 0.05) is 28.7 Å². The molecule has 0 aromatic heterocycles. The van der Waals surface area contributed by atoms with Gasteiger partial charge in [0.15, 0.2) is 6.61 Å². The third kappa shape index (κ3) is 7.36. The van der Waals surface area contributed by atoms with Crippen molar-refractivity contribution in [3.05, 3.63) is 62.0 Å². The number of hydrogen-bond donors (Lipinski definition) is 1. The van der Waals surface area contributed by atoms with Crippen LogP contribution in [0.4, 0.5) is 0 Å². The van der Waals surface area contributed by atoms with E-state index in [0.717, 1.165) is 10.0 Å². The highest BCUT2D eigenvalue weighted by molar-refractivity contribution is 9.10. The van der Waals surface area contributed by atoms with Gasteiger partial charge in [-0.05, 0) is 64.5 Å². The number of benzene rings is 2. The molecular weight excluding hydrogens is 527 g/mol. The summed E-state index contributed by atoms with van der Waals surface area (Å²) >= 11 is 16.2. The molecule has 0 spiro atoms. The van der Waals surface area contributed by atoms with Gasteiger partial charge in [-0.15, -0.1) is 0 Å². The number of nitrogens with one attached hydrogen (secondary N) is 1. The Morgan fingerprint density at radius 3 is 2.27 bits per heavy atom. The van der Waals surface area contributed by atoms with Crippen LogP contribution in [0.2, 0.25) is 10.0 Å². The van der Waals surface area contributed by atoms with Crippen molar-refractivity contribution in [1.82, 2.24) is 10.2 Å². The fourth-order valence-electron chi connectivity index (χ4n) is 3.37. The fourth-order valence-corrected chi connectivity index (χ4v) is 4.38. The van der Waals surface area contributed by atoms with Crippen molar-refractivity contribution in [2.75, 3.05) is 13.2 Å². The lowest BCUT2D eigenvalue weighted by molar-refractivity contribution is -0.142. The second-order valence-electron chi connectivity index (χ2n) is 8.72. The van der Waals surface area contributed by atoms with Crippen LogP contribution in [0, 0.1) is 0 Å². The Bertz CT molecular complexity index is 972. The average molecular weight is 558 g/mol. The first kappa shape index (κ1) is 27.5. The minimum atomic E-state index is -0.680. The van der Waals surface area contributed by atoms with E-state index >= 15 is 0 Å².